The molecule has 6 rings (SSSR count). The Hall–Kier alpha value is -2.34. The molecular weight excluding hydrogens is 398 g/mol. The standard InChI is InChI=1S/C26H37N5O/c1-29(2)21-10-8-19(9-11-21)26(32)27-16-22-14-20-12-13-31(22)17-23(20)25-15-24(28-30(25)3)18-6-4-5-7-18/h8-11,15,18,20,22-23H,4-7,12-14,16-17H2,1-3H3,(H,27,32)/t20-,22+,23-/m0/s1. The first-order valence-electron chi connectivity index (χ1n) is 12.3. The molecule has 6 heteroatoms. The number of anilines is 1. The number of nitrogens with zero attached hydrogens (tertiary/aromatic N) is 4. The predicted octanol–water partition coefficient (Wildman–Crippen LogP) is 3.75. The third kappa shape index (κ3) is 4.17. The number of rotatable bonds is 6. The van der Waals surface area contributed by atoms with Gasteiger partial charge in [0.1, 0.15) is 0 Å². The number of carbonyl (C=O) groups is 1. The molecule has 1 amide bonds. The van der Waals surface area contributed by atoms with E-state index in [1.54, 1.807) is 0 Å². The van der Waals surface area contributed by atoms with Crippen LogP contribution in [-0.4, -0.2) is 60.4 Å². The summed E-state index contributed by atoms with van der Waals surface area (Å²) < 4.78 is 2.16. The highest BCUT2D eigenvalue weighted by atomic mass is 16.1. The molecule has 4 aliphatic rings. The molecule has 1 saturated carbocycles. The van der Waals surface area contributed by atoms with Crippen LogP contribution in [0.15, 0.2) is 30.3 Å². The molecule has 1 aliphatic carbocycles. The summed E-state index contributed by atoms with van der Waals surface area (Å²) in [6.07, 6.45) is 7.72. The van der Waals surface area contributed by atoms with E-state index < -0.39 is 0 Å². The molecule has 4 atom stereocenters. The molecular formula is C26H37N5O. The second kappa shape index (κ2) is 8.89. The Morgan fingerprint density at radius 2 is 1.91 bits per heavy atom. The molecule has 3 aliphatic heterocycles. The van der Waals surface area contributed by atoms with Crippen molar-refractivity contribution >= 4 is 11.6 Å². The Kier molecular flexibility index (Phi) is 5.97. The van der Waals surface area contributed by atoms with Crippen LogP contribution in [0, 0.1) is 5.92 Å². The monoisotopic (exact) mass is 435 g/mol. The number of fused-ring (bicyclic) bond motifs is 3. The number of benzene rings is 1. The average Bonchev–Trinajstić information content (AvgIpc) is 3.48. The fourth-order valence-electron chi connectivity index (χ4n) is 6.18. The second-order valence-electron chi connectivity index (χ2n) is 10.3. The molecule has 1 aromatic carbocycles. The van der Waals surface area contributed by atoms with Crippen LogP contribution >= 0.6 is 0 Å². The molecule has 6 nitrogen and oxygen atoms in total. The van der Waals surface area contributed by atoms with E-state index >= 15 is 0 Å². The summed E-state index contributed by atoms with van der Waals surface area (Å²) in [5, 5.41) is 8.12. The number of hydrogen-bond acceptors (Lipinski definition) is 4. The lowest BCUT2D eigenvalue weighted by molar-refractivity contribution is 0.0280. The summed E-state index contributed by atoms with van der Waals surface area (Å²) in [4.78, 5) is 17.3. The van der Waals surface area contributed by atoms with Crippen LogP contribution in [0.1, 0.15) is 72.1 Å². The Morgan fingerprint density at radius 1 is 1.16 bits per heavy atom. The number of hydrogen-bond donors (Lipinski definition) is 1. The van der Waals surface area contributed by atoms with Crippen LogP contribution in [0.2, 0.25) is 0 Å². The van der Waals surface area contributed by atoms with Gasteiger partial charge in [0.15, 0.2) is 0 Å². The number of carbonyl (C=O) groups excluding carboxylic acids is 1. The van der Waals surface area contributed by atoms with Crippen molar-refractivity contribution in [2.24, 2.45) is 13.0 Å². The van der Waals surface area contributed by atoms with Crippen molar-refractivity contribution in [1.82, 2.24) is 20.0 Å². The fraction of sp³-hybridized carbons (Fsp3) is 0.615. The third-order valence-corrected chi connectivity index (χ3v) is 8.11. The molecule has 0 radical (unpaired) electrons. The lowest BCUT2D eigenvalue weighted by Gasteiger charge is -2.50. The Balaban J connectivity index is 1.20. The third-order valence-electron chi connectivity index (χ3n) is 8.11. The van der Waals surface area contributed by atoms with Gasteiger partial charge in [-0.3, -0.25) is 14.4 Å². The van der Waals surface area contributed by atoms with Gasteiger partial charge < -0.3 is 10.2 Å². The summed E-state index contributed by atoms with van der Waals surface area (Å²) >= 11 is 0. The van der Waals surface area contributed by atoms with Crippen molar-refractivity contribution in [3.05, 3.63) is 47.3 Å². The van der Waals surface area contributed by atoms with Crippen LogP contribution in [0.25, 0.3) is 0 Å². The first kappa shape index (κ1) is 21.5. The molecule has 3 saturated heterocycles. The number of aromatic nitrogens is 2. The van der Waals surface area contributed by atoms with Gasteiger partial charge in [0.25, 0.3) is 5.91 Å². The van der Waals surface area contributed by atoms with Gasteiger partial charge in [-0.25, -0.2) is 0 Å². The molecule has 4 fully saturated rings. The van der Waals surface area contributed by atoms with E-state index in [1.807, 2.05) is 43.3 Å². The van der Waals surface area contributed by atoms with Crippen molar-refractivity contribution in [3.8, 4) is 0 Å². The Bertz CT molecular complexity index is 944. The lowest BCUT2D eigenvalue weighted by atomic mass is 9.74. The van der Waals surface area contributed by atoms with E-state index in [1.165, 1.54) is 43.5 Å². The van der Waals surface area contributed by atoms with Gasteiger partial charge in [-0.15, -0.1) is 0 Å². The van der Waals surface area contributed by atoms with Crippen LogP contribution in [0.4, 0.5) is 5.69 Å². The number of amides is 1. The van der Waals surface area contributed by atoms with E-state index in [2.05, 4.69) is 28.0 Å². The highest BCUT2D eigenvalue weighted by Crippen LogP contribution is 2.43. The van der Waals surface area contributed by atoms with Crippen LogP contribution in [0.5, 0.6) is 0 Å². The van der Waals surface area contributed by atoms with Gasteiger partial charge >= 0.3 is 0 Å². The number of piperidine rings is 3. The van der Waals surface area contributed by atoms with Crippen LogP contribution in [0.3, 0.4) is 0 Å². The first-order valence-corrected chi connectivity index (χ1v) is 12.3. The number of nitrogens with one attached hydrogen (secondary N) is 1. The van der Waals surface area contributed by atoms with Crippen molar-refractivity contribution in [2.75, 3.05) is 38.6 Å². The van der Waals surface area contributed by atoms with Crippen LogP contribution < -0.4 is 10.2 Å². The molecule has 0 spiro atoms. The van der Waals surface area contributed by atoms with Gasteiger partial charge in [-0.1, -0.05) is 12.8 Å². The molecule has 4 heterocycles. The number of aryl methyl sites for hydroxylation is 1. The average molecular weight is 436 g/mol. The van der Waals surface area contributed by atoms with E-state index in [4.69, 9.17) is 5.10 Å². The topological polar surface area (TPSA) is 53.4 Å². The van der Waals surface area contributed by atoms with E-state index in [9.17, 15) is 4.79 Å². The van der Waals surface area contributed by atoms with Gasteiger partial charge in [-0.2, -0.15) is 5.10 Å². The molecule has 2 aromatic rings. The molecule has 172 valence electrons. The van der Waals surface area contributed by atoms with Gasteiger partial charge in [0, 0.05) is 69.1 Å². The van der Waals surface area contributed by atoms with E-state index in [-0.39, 0.29) is 5.91 Å². The molecule has 1 aromatic heterocycles. The highest BCUT2D eigenvalue weighted by Gasteiger charge is 2.42. The van der Waals surface area contributed by atoms with Gasteiger partial charge in [-0.05, 0) is 68.5 Å². The maximum atomic E-state index is 12.7. The summed E-state index contributed by atoms with van der Waals surface area (Å²) in [7, 11) is 6.15. The van der Waals surface area contributed by atoms with Crippen molar-refractivity contribution in [1.29, 1.82) is 0 Å². The maximum Gasteiger partial charge on any atom is 0.251 e. The Morgan fingerprint density at radius 3 is 2.56 bits per heavy atom. The zero-order valence-electron chi connectivity index (χ0n) is 19.8. The summed E-state index contributed by atoms with van der Waals surface area (Å²) in [5.41, 5.74) is 4.58. The summed E-state index contributed by atoms with van der Waals surface area (Å²) in [6.45, 7) is 2.97. The van der Waals surface area contributed by atoms with Crippen LogP contribution in [-0.2, 0) is 7.05 Å². The minimum Gasteiger partial charge on any atom is -0.378 e. The van der Waals surface area contributed by atoms with E-state index in [0.717, 1.165) is 37.3 Å². The van der Waals surface area contributed by atoms with E-state index in [0.29, 0.717) is 23.8 Å². The smallest absolute Gasteiger partial charge is 0.251 e. The fourth-order valence-corrected chi connectivity index (χ4v) is 6.18. The van der Waals surface area contributed by atoms with Gasteiger partial charge in [0.2, 0.25) is 0 Å². The summed E-state index contributed by atoms with van der Waals surface area (Å²) in [6, 6.07) is 10.7. The van der Waals surface area contributed by atoms with Crippen molar-refractivity contribution in [2.45, 2.75) is 56.4 Å². The second-order valence-corrected chi connectivity index (χ2v) is 10.3. The Labute approximate surface area is 192 Å². The minimum atomic E-state index is 0.0299. The maximum absolute atomic E-state index is 12.7. The first-order chi connectivity index (χ1) is 15.5. The highest BCUT2D eigenvalue weighted by molar-refractivity contribution is 5.94. The zero-order chi connectivity index (χ0) is 22.2. The SMILES string of the molecule is CN(C)c1ccc(C(=O)NC[C@H]2C[C@@H]3CCN2C[C@@H]3c2cc(C3CCCC3)nn2C)cc1. The lowest BCUT2D eigenvalue weighted by Crippen LogP contribution is -2.56. The summed E-state index contributed by atoms with van der Waals surface area (Å²) in [5.74, 6) is 1.96. The largest absolute Gasteiger partial charge is 0.378 e. The molecule has 1 unspecified atom stereocenters. The molecule has 32 heavy (non-hydrogen) atoms. The molecule has 2 bridgehead atoms. The molecule has 1 N–H and O–H groups in total. The normalized spacial score (nSPS) is 27.6. The minimum absolute atomic E-state index is 0.0299. The predicted molar refractivity (Wildman–Crippen MR) is 128 cm³/mol. The van der Waals surface area contributed by atoms with Crippen molar-refractivity contribution in [3.63, 3.8) is 0 Å². The quantitative estimate of drug-likeness (QED) is 0.751. The van der Waals surface area contributed by atoms with Crippen molar-refractivity contribution < 1.29 is 4.79 Å². The zero-order valence-corrected chi connectivity index (χ0v) is 19.8. The van der Waals surface area contributed by atoms with Gasteiger partial charge in [0.05, 0.1) is 5.69 Å².